The zero-order valence-corrected chi connectivity index (χ0v) is 24.4. The van der Waals surface area contributed by atoms with Gasteiger partial charge < -0.3 is 36.3 Å². The van der Waals surface area contributed by atoms with Crippen molar-refractivity contribution in [1.29, 1.82) is 5.41 Å². The predicted molar refractivity (Wildman–Crippen MR) is 163 cm³/mol. The van der Waals surface area contributed by atoms with E-state index >= 15 is 0 Å². The van der Waals surface area contributed by atoms with Gasteiger partial charge in [-0.3, -0.25) is 15.0 Å². The number of nitrogens with two attached hydrogens (primary N) is 2. The Kier molecular flexibility index (Phi) is 9.54. The van der Waals surface area contributed by atoms with Crippen LogP contribution in [0, 0.1) is 11.3 Å². The van der Waals surface area contributed by atoms with Crippen LogP contribution in [0.15, 0.2) is 66.7 Å². The molecular weight excluding hydrogens is 550 g/mol. The van der Waals surface area contributed by atoms with Crippen LogP contribution in [0.3, 0.4) is 0 Å². The van der Waals surface area contributed by atoms with Crippen LogP contribution >= 0.6 is 0 Å². The molecule has 3 amide bonds. The van der Waals surface area contributed by atoms with E-state index in [9.17, 15) is 14.4 Å². The average molecular weight is 588 g/mol. The molecule has 0 aromatic heterocycles. The summed E-state index contributed by atoms with van der Waals surface area (Å²) in [5, 5.41) is 13.5. The summed E-state index contributed by atoms with van der Waals surface area (Å²) in [6.45, 7) is 5.44. The number of ether oxygens (including phenoxy) is 3. The van der Waals surface area contributed by atoms with Gasteiger partial charge in [-0.15, -0.1) is 0 Å². The maximum absolute atomic E-state index is 13.2. The molecule has 4 rings (SSSR count). The number of amidine groups is 1. The summed E-state index contributed by atoms with van der Waals surface area (Å²) in [7, 11) is 0. The highest BCUT2D eigenvalue weighted by molar-refractivity contribution is 5.95. The van der Waals surface area contributed by atoms with E-state index < -0.39 is 17.6 Å². The quantitative estimate of drug-likeness (QED) is 0.158. The van der Waals surface area contributed by atoms with E-state index in [4.69, 9.17) is 31.1 Å². The number of rotatable bonds is 9. The fourth-order valence-corrected chi connectivity index (χ4v) is 4.64. The molecule has 226 valence electrons. The maximum atomic E-state index is 13.2. The number of amides is 3. The number of hydrogen-bond donors (Lipinski definition) is 5. The summed E-state index contributed by atoms with van der Waals surface area (Å²) in [6, 6.07) is 18.1. The van der Waals surface area contributed by atoms with E-state index in [1.165, 1.54) is 0 Å². The molecule has 3 aromatic carbocycles. The summed E-state index contributed by atoms with van der Waals surface area (Å²) in [5.74, 6) is 0.789. The van der Waals surface area contributed by atoms with Crippen LogP contribution in [0.1, 0.15) is 62.4 Å². The number of carbonyl (C=O) groups excluding carboxylic acids is 3. The molecule has 0 radical (unpaired) electrons. The van der Waals surface area contributed by atoms with Crippen LogP contribution in [0.2, 0.25) is 0 Å². The second-order valence-electron chi connectivity index (χ2n) is 11.4. The topological polar surface area (TPSA) is 179 Å². The molecule has 0 atom stereocenters. The van der Waals surface area contributed by atoms with Crippen LogP contribution < -0.4 is 31.6 Å². The van der Waals surface area contributed by atoms with Crippen molar-refractivity contribution in [2.24, 2.45) is 17.4 Å². The lowest BCUT2D eigenvalue weighted by Crippen LogP contribution is -2.42. The summed E-state index contributed by atoms with van der Waals surface area (Å²) >= 11 is 0. The van der Waals surface area contributed by atoms with Crippen molar-refractivity contribution in [2.75, 3.05) is 5.32 Å². The van der Waals surface area contributed by atoms with Gasteiger partial charge in [-0.05, 0) is 95.0 Å². The first-order valence-electron chi connectivity index (χ1n) is 14.0. The lowest BCUT2D eigenvalue weighted by molar-refractivity contribution is -0.120. The van der Waals surface area contributed by atoms with Gasteiger partial charge in [0.1, 0.15) is 34.4 Å². The molecular formula is C32H37N5O6. The van der Waals surface area contributed by atoms with Gasteiger partial charge in [0.2, 0.25) is 11.8 Å². The van der Waals surface area contributed by atoms with Crippen molar-refractivity contribution in [3.05, 3.63) is 77.9 Å². The Bertz CT molecular complexity index is 1400. The molecule has 43 heavy (non-hydrogen) atoms. The van der Waals surface area contributed by atoms with Crippen LogP contribution in [-0.2, 0) is 9.53 Å². The van der Waals surface area contributed by atoms with Crippen LogP contribution in [0.25, 0.3) is 0 Å². The molecule has 0 heterocycles. The number of benzene rings is 3. The third-order valence-electron chi connectivity index (χ3n) is 6.74. The second-order valence-corrected chi connectivity index (χ2v) is 11.4. The molecule has 0 saturated heterocycles. The molecule has 11 heteroatoms. The highest BCUT2D eigenvalue weighted by atomic mass is 16.6. The van der Waals surface area contributed by atoms with Gasteiger partial charge in [-0.25, -0.2) is 4.79 Å². The molecule has 0 bridgehead atoms. The number of alkyl carbamates (subject to hydrolysis) is 1. The van der Waals surface area contributed by atoms with Crippen molar-refractivity contribution in [2.45, 2.75) is 58.1 Å². The normalized spacial score (nSPS) is 16.4. The number of anilines is 1. The minimum Gasteiger partial charge on any atom is -0.457 e. The van der Waals surface area contributed by atoms with Crippen LogP contribution in [-0.4, -0.2) is 35.4 Å². The first-order valence-corrected chi connectivity index (χ1v) is 14.0. The maximum Gasteiger partial charge on any atom is 0.407 e. The Balaban J connectivity index is 1.46. The Morgan fingerprint density at radius 1 is 0.767 bits per heavy atom. The van der Waals surface area contributed by atoms with Gasteiger partial charge in [0, 0.05) is 47.0 Å². The van der Waals surface area contributed by atoms with Gasteiger partial charge in [0.05, 0.1) is 0 Å². The molecule has 1 fully saturated rings. The predicted octanol–water partition coefficient (Wildman–Crippen LogP) is 5.68. The van der Waals surface area contributed by atoms with E-state index in [1.54, 1.807) is 66.7 Å². The average Bonchev–Trinajstić information content (AvgIpc) is 2.93. The Morgan fingerprint density at radius 3 is 1.74 bits per heavy atom. The van der Waals surface area contributed by atoms with Gasteiger partial charge in [-0.1, -0.05) is 0 Å². The number of nitrogen functional groups attached to an aromatic ring is 1. The lowest BCUT2D eigenvalue weighted by Gasteiger charge is -2.29. The van der Waals surface area contributed by atoms with Crippen molar-refractivity contribution >= 4 is 29.4 Å². The number of primary amides is 1. The van der Waals surface area contributed by atoms with E-state index in [-0.39, 0.29) is 23.7 Å². The zero-order chi connectivity index (χ0) is 31.1. The standard InChI is InChI=1S/C32H37N5O6/c1-32(2,3)43-31(40)37-22-10-4-21(5-11-22)30(39)36-23-16-26(41-24-12-6-19(7-13-24)28(33)34)18-27(17-23)42-25-14-8-20(9-15-25)29(35)38/h6-9,12-18,21-22H,4-5,10-11H2,1-3H3,(H3,33,34)(H2,35,38)(H,36,39)(H,37,40)/t21-,22-. The molecule has 7 N–H and O–H groups in total. The largest absolute Gasteiger partial charge is 0.457 e. The van der Waals surface area contributed by atoms with E-state index in [1.807, 2.05) is 20.8 Å². The van der Waals surface area contributed by atoms with E-state index in [0.717, 1.165) is 0 Å². The smallest absolute Gasteiger partial charge is 0.407 e. The Labute approximate surface area is 250 Å². The van der Waals surface area contributed by atoms with Gasteiger partial charge >= 0.3 is 6.09 Å². The molecule has 0 unspecified atom stereocenters. The Hall–Kier alpha value is -5.06. The molecule has 0 spiro atoms. The van der Waals surface area contributed by atoms with E-state index in [0.29, 0.717) is 65.5 Å². The third kappa shape index (κ3) is 9.22. The monoisotopic (exact) mass is 587 g/mol. The van der Waals surface area contributed by atoms with Crippen molar-refractivity contribution in [1.82, 2.24) is 5.32 Å². The van der Waals surface area contributed by atoms with Gasteiger partial charge in [-0.2, -0.15) is 0 Å². The molecule has 1 aliphatic rings. The highest BCUT2D eigenvalue weighted by Gasteiger charge is 2.28. The number of hydrogen-bond acceptors (Lipinski definition) is 7. The van der Waals surface area contributed by atoms with Crippen molar-refractivity contribution in [3.8, 4) is 23.0 Å². The first kappa shape index (κ1) is 30.9. The molecule has 1 aliphatic carbocycles. The van der Waals surface area contributed by atoms with Crippen LogP contribution in [0.5, 0.6) is 23.0 Å². The van der Waals surface area contributed by atoms with Gasteiger partial charge in [0.25, 0.3) is 0 Å². The van der Waals surface area contributed by atoms with Crippen molar-refractivity contribution in [3.63, 3.8) is 0 Å². The second kappa shape index (κ2) is 13.3. The molecule has 1 saturated carbocycles. The first-order chi connectivity index (χ1) is 20.3. The fraction of sp³-hybridized carbons (Fsp3) is 0.312. The minimum atomic E-state index is -0.576. The minimum absolute atomic E-state index is 0.0500. The molecule has 3 aromatic rings. The number of carbonyl (C=O) groups is 3. The summed E-state index contributed by atoms with van der Waals surface area (Å²) in [4.78, 5) is 36.8. The summed E-state index contributed by atoms with van der Waals surface area (Å²) in [5.41, 5.74) is 11.7. The highest BCUT2D eigenvalue weighted by Crippen LogP contribution is 2.34. The fourth-order valence-electron chi connectivity index (χ4n) is 4.64. The third-order valence-corrected chi connectivity index (χ3v) is 6.74. The SMILES string of the molecule is CC(C)(C)OC(=O)N[C@H]1CC[C@H](C(=O)Nc2cc(Oc3ccc(C(=N)N)cc3)cc(Oc3ccc(C(N)=O)cc3)c2)CC1. The Morgan fingerprint density at radius 2 is 1.28 bits per heavy atom. The van der Waals surface area contributed by atoms with Gasteiger partial charge in [0.15, 0.2) is 0 Å². The van der Waals surface area contributed by atoms with E-state index in [2.05, 4.69) is 10.6 Å². The number of nitrogens with one attached hydrogen (secondary N) is 3. The zero-order valence-electron chi connectivity index (χ0n) is 24.4. The van der Waals surface area contributed by atoms with Crippen LogP contribution in [0.4, 0.5) is 10.5 Å². The molecule has 0 aliphatic heterocycles. The lowest BCUT2D eigenvalue weighted by atomic mass is 9.85. The molecule has 11 nitrogen and oxygen atoms in total. The van der Waals surface area contributed by atoms with Crippen molar-refractivity contribution < 1.29 is 28.6 Å². The summed E-state index contributed by atoms with van der Waals surface area (Å²) < 4.78 is 17.4. The summed E-state index contributed by atoms with van der Waals surface area (Å²) in [6.07, 6.45) is 2.09.